The maximum absolute atomic E-state index is 13.6. The van der Waals surface area contributed by atoms with Crippen LogP contribution >= 0.6 is 23.2 Å². The number of benzene rings is 1. The molecule has 0 saturated carbocycles. The van der Waals surface area contributed by atoms with Gasteiger partial charge in [-0.1, -0.05) is 23.7 Å². The number of ether oxygens (including phenoxy) is 1. The van der Waals surface area contributed by atoms with Crippen LogP contribution in [0.4, 0.5) is 4.39 Å². The van der Waals surface area contributed by atoms with Crippen LogP contribution in [-0.2, 0) is 11.3 Å². The molecule has 0 aromatic heterocycles. The van der Waals surface area contributed by atoms with Gasteiger partial charge in [0.1, 0.15) is 5.82 Å². The Morgan fingerprint density at radius 1 is 1.47 bits per heavy atom. The van der Waals surface area contributed by atoms with Crippen LogP contribution in [0.2, 0.25) is 5.02 Å². The molecule has 0 N–H and O–H groups in total. The molecular weight excluding hydrogens is 264 g/mol. The van der Waals surface area contributed by atoms with Crippen LogP contribution in [0.1, 0.15) is 5.56 Å². The van der Waals surface area contributed by atoms with Crippen molar-refractivity contribution in [3.05, 3.63) is 34.6 Å². The summed E-state index contributed by atoms with van der Waals surface area (Å²) in [5, 5.41) is 0.0439. The Balaban J connectivity index is 2.56. The zero-order valence-electron chi connectivity index (χ0n) is 9.92. The third kappa shape index (κ3) is 4.80. The number of methoxy groups -OCH3 is 1. The topological polar surface area (TPSA) is 12.5 Å². The molecule has 1 atom stereocenters. The molecule has 96 valence electrons. The second kappa shape index (κ2) is 7.17. The third-order valence-electron chi connectivity index (χ3n) is 2.33. The lowest BCUT2D eigenvalue weighted by molar-refractivity contribution is 0.181. The number of nitrogens with zero attached hydrogens (tertiary/aromatic N) is 1. The number of hydrogen-bond donors (Lipinski definition) is 0. The van der Waals surface area contributed by atoms with Crippen LogP contribution in [0.15, 0.2) is 18.2 Å². The molecule has 0 spiro atoms. The van der Waals surface area contributed by atoms with Gasteiger partial charge in [0.25, 0.3) is 0 Å². The van der Waals surface area contributed by atoms with E-state index in [4.69, 9.17) is 27.9 Å². The van der Waals surface area contributed by atoms with E-state index in [1.165, 1.54) is 6.07 Å². The summed E-state index contributed by atoms with van der Waals surface area (Å²) in [4.78, 5) is 1.94. The fourth-order valence-corrected chi connectivity index (χ4v) is 2.15. The first-order valence-corrected chi connectivity index (χ1v) is 6.10. The predicted octanol–water partition coefficient (Wildman–Crippen LogP) is 3.16. The molecule has 0 heterocycles. The van der Waals surface area contributed by atoms with Gasteiger partial charge in [-0.15, -0.1) is 11.6 Å². The monoisotopic (exact) mass is 279 g/mol. The molecule has 0 amide bonds. The van der Waals surface area contributed by atoms with Crippen molar-refractivity contribution in [1.82, 2.24) is 4.90 Å². The summed E-state index contributed by atoms with van der Waals surface area (Å²) in [6, 6.07) is 4.99. The van der Waals surface area contributed by atoms with Gasteiger partial charge >= 0.3 is 0 Å². The van der Waals surface area contributed by atoms with Crippen molar-refractivity contribution in [3.8, 4) is 0 Å². The van der Waals surface area contributed by atoms with Gasteiger partial charge in [0.05, 0.1) is 17.0 Å². The fraction of sp³-hybridized carbons (Fsp3) is 0.500. The number of rotatable bonds is 6. The summed E-state index contributed by atoms with van der Waals surface area (Å²) in [5.41, 5.74) is 0.571. The second-order valence-electron chi connectivity index (χ2n) is 3.96. The van der Waals surface area contributed by atoms with E-state index in [1.54, 1.807) is 19.2 Å². The fourth-order valence-electron chi connectivity index (χ4n) is 1.60. The van der Waals surface area contributed by atoms with Gasteiger partial charge < -0.3 is 9.64 Å². The molecule has 1 aromatic rings. The van der Waals surface area contributed by atoms with Gasteiger partial charge in [-0.2, -0.15) is 0 Å². The molecule has 0 aliphatic heterocycles. The largest absolute Gasteiger partial charge is 0.383 e. The first kappa shape index (κ1) is 14.7. The van der Waals surface area contributed by atoms with Crippen molar-refractivity contribution in [2.75, 3.05) is 27.3 Å². The van der Waals surface area contributed by atoms with Gasteiger partial charge in [0.2, 0.25) is 0 Å². The summed E-state index contributed by atoms with van der Waals surface area (Å²) >= 11 is 11.7. The molecule has 0 fully saturated rings. The van der Waals surface area contributed by atoms with Crippen molar-refractivity contribution in [2.24, 2.45) is 0 Å². The minimum Gasteiger partial charge on any atom is -0.383 e. The lowest BCUT2D eigenvalue weighted by atomic mass is 10.2. The van der Waals surface area contributed by atoms with E-state index in [2.05, 4.69) is 0 Å². The quantitative estimate of drug-likeness (QED) is 0.742. The highest BCUT2D eigenvalue weighted by Gasteiger charge is 2.12. The van der Waals surface area contributed by atoms with E-state index in [-0.39, 0.29) is 16.2 Å². The molecule has 1 aromatic carbocycles. The number of alkyl halides is 1. The Bertz CT molecular complexity index is 362. The Morgan fingerprint density at radius 3 is 2.82 bits per heavy atom. The van der Waals surface area contributed by atoms with E-state index < -0.39 is 0 Å². The van der Waals surface area contributed by atoms with E-state index in [0.717, 1.165) is 0 Å². The molecular formula is C12H16Cl2FNO. The molecule has 0 bridgehead atoms. The molecule has 1 unspecified atom stereocenters. The molecule has 2 nitrogen and oxygen atoms in total. The highest BCUT2D eigenvalue weighted by atomic mass is 35.5. The van der Waals surface area contributed by atoms with Gasteiger partial charge in [0, 0.05) is 25.8 Å². The molecule has 0 aliphatic rings. The molecule has 17 heavy (non-hydrogen) atoms. The zero-order valence-corrected chi connectivity index (χ0v) is 11.4. The van der Waals surface area contributed by atoms with Crippen LogP contribution < -0.4 is 0 Å². The average molecular weight is 280 g/mol. The summed E-state index contributed by atoms with van der Waals surface area (Å²) in [7, 11) is 3.48. The van der Waals surface area contributed by atoms with Crippen molar-refractivity contribution in [2.45, 2.75) is 11.9 Å². The Labute approximate surface area is 111 Å². The lowest BCUT2D eigenvalue weighted by Crippen LogP contribution is -2.28. The second-order valence-corrected chi connectivity index (χ2v) is 4.99. The van der Waals surface area contributed by atoms with Crippen molar-refractivity contribution >= 4 is 23.2 Å². The van der Waals surface area contributed by atoms with Crippen molar-refractivity contribution in [3.63, 3.8) is 0 Å². The summed E-state index contributed by atoms with van der Waals surface area (Å²) < 4.78 is 18.6. The van der Waals surface area contributed by atoms with Crippen molar-refractivity contribution in [1.29, 1.82) is 0 Å². The van der Waals surface area contributed by atoms with E-state index in [9.17, 15) is 4.39 Å². The standard InChI is InChI=1S/C12H16Cl2FNO/c1-16(7-10(13)8-17-2)6-9-4-3-5-11(14)12(9)15/h3-5,10H,6-8H2,1-2H3. The van der Waals surface area contributed by atoms with Gasteiger partial charge in [-0.3, -0.25) is 0 Å². The highest BCUT2D eigenvalue weighted by molar-refractivity contribution is 6.30. The average Bonchev–Trinajstić information content (AvgIpc) is 2.25. The third-order valence-corrected chi connectivity index (χ3v) is 2.89. The Morgan fingerprint density at radius 2 is 2.18 bits per heavy atom. The highest BCUT2D eigenvalue weighted by Crippen LogP contribution is 2.19. The van der Waals surface area contributed by atoms with Crippen LogP contribution in [0, 0.1) is 5.82 Å². The maximum atomic E-state index is 13.6. The van der Waals surface area contributed by atoms with Crippen LogP contribution in [0.5, 0.6) is 0 Å². The van der Waals surface area contributed by atoms with E-state index in [0.29, 0.717) is 25.3 Å². The van der Waals surface area contributed by atoms with Gasteiger partial charge in [-0.05, 0) is 13.1 Å². The molecule has 0 aliphatic carbocycles. The van der Waals surface area contributed by atoms with Crippen molar-refractivity contribution < 1.29 is 9.13 Å². The number of halogens is 3. The van der Waals surface area contributed by atoms with Crippen LogP contribution in [-0.4, -0.2) is 37.6 Å². The predicted molar refractivity (Wildman–Crippen MR) is 69.3 cm³/mol. The normalized spacial score (nSPS) is 13.1. The van der Waals surface area contributed by atoms with Gasteiger partial charge in [0.15, 0.2) is 0 Å². The Hall–Kier alpha value is -0.350. The molecule has 0 radical (unpaired) electrons. The Kier molecular flexibility index (Phi) is 6.20. The van der Waals surface area contributed by atoms with E-state index in [1.807, 2.05) is 11.9 Å². The first-order valence-electron chi connectivity index (χ1n) is 5.29. The molecule has 0 saturated heterocycles. The minimum atomic E-state index is -0.362. The van der Waals surface area contributed by atoms with Crippen LogP contribution in [0.3, 0.4) is 0 Å². The lowest BCUT2D eigenvalue weighted by Gasteiger charge is -2.20. The SMILES string of the molecule is COCC(Cl)CN(C)Cc1cccc(Cl)c1F. The summed E-state index contributed by atoms with van der Waals surface area (Å²) in [6.45, 7) is 1.57. The smallest absolute Gasteiger partial charge is 0.146 e. The minimum absolute atomic E-state index is 0.104. The van der Waals surface area contributed by atoms with Crippen LogP contribution in [0.25, 0.3) is 0 Å². The molecule has 1 rings (SSSR count). The summed E-state index contributed by atoms with van der Waals surface area (Å²) in [5.74, 6) is -0.362. The first-order chi connectivity index (χ1) is 8.04. The maximum Gasteiger partial charge on any atom is 0.146 e. The summed E-state index contributed by atoms with van der Waals surface area (Å²) in [6.07, 6.45) is 0. The number of hydrogen-bond acceptors (Lipinski definition) is 2. The zero-order chi connectivity index (χ0) is 12.8. The molecule has 5 heteroatoms. The van der Waals surface area contributed by atoms with Gasteiger partial charge in [-0.25, -0.2) is 4.39 Å². The van der Waals surface area contributed by atoms with E-state index >= 15 is 0 Å².